The molecule has 1 aliphatic rings. The van der Waals surface area contributed by atoms with E-state index in [9.17, 15) is 0 Å². The molecule has 1 unspecified atom stereocenters. The van der Waals surface area contributed by atoms with Crippen LogP contribution in [0.3, 0.4) is 0 Å². The Morgan fingerprint density at radius 3 is 2.94 bits per heavy atom. The average Bonchev–Trinajstić information content (AvgIpc) is 2.70. The third-order valence-corrected chi connectivity index (χ3v) is 3.93. The molecule has 94 valence electrons. The molecule has 1 saturated heterocycles. The predicted molar refractivity (Wildman–Crippen MR) is 71.5 cm³/mol. The van der Waals surface area contributed by atoms with Crippen LogP contribution >= 0.6 is 23.2 Å². The summed E-state index contributed by atoms with van der Waals surface area (Å²) in [6, 6.07) is 2.31. The maximum Gasteiger partial charge on any atom is 0.135 e. The predicted octanol–water partition coefficient (Wildman–Crippen LogP) is 2.62. The van der Waals surface area contributed by atoms with Crippen LogP contribution in [0, 0.1) is 6.92 Å². The Hall–Kier alpha value is -0.350. The van der Waals surface area contributed by atoms with Gasteiger partial charge in [-0.15, -0.1) is 0 Å². The van der Waals surface area contributed by atoms with Gasteiger partial charge in [0.05, 0.1) is 0 Å². The highest BCUT2D eigenvalue weighted by Crippen LogP contribution is 2.28. The summed E-state index contributed by atoms with van der Waals surface area (Å²) in [5.74, 6) is 0. The number of nitrogens with zero attached hydrogens (tertiary/aromatic N) is 2. The van der Waals surface area contributed by atoms with E-state index < -0.39 is 0 Å². The highest BCUT2D eigenvalue weighted by Gasteiger charge is 2.24. The van der Waals surface area contributed by atoms with E-state index in [0.29, 0.717) is 22.8 Å². The summed E-state index contributed by atoms with van der Waals surface area (Å²) < 4.78 is 0. The Morgan fingerprint density at radius 1 is 1.53 bits per heavy atom. The Morgan fingerprint density at radius 2 is 2.29 bits per heavy atom. The molecule has 3 nitrogen and oxygen atoms in total. The summed E-state index contributed by atoms with van der Waals surface area (Å²) in [7, 11) is 0. The van der Waals surface area contributed by atoms with Gasteiger partial charge in [-0.1, -0.05) is 23.2 Å². The first kappa shape index (κ1) is 13.1. The molecule has 17 heavy (non-hydrogen) atoms. The minimum absolute atomic E-state index is 0.448. The lowest BCUT2D eigenvalue weighted by atomic mass is 10.2. The number of hydrogen-bond acceptors (Lipinski definition) is 3. The standard InChI is InChI=1S/C12H17Cl2N3/c1-8-5-11(13)10(12(14)16-8)7-17-4-2-3-9(17)6-15/h5,9H,2-4,6-7,15H2,1H3. The number of rotatable bonds is 3. The van der Waals surface area contributed by atoms with E-state index in [-0.39, 0.29) is 0 Å². The lowest BCUT2D eigenvalue weighted by molar-refractivity contribution is 0.250. The fourth-order valence-corrected chi connectivity index (χ4v) is 2.99. The van der Waals surface area contributed by atoms with Gasteiger partial charge in [0.1, 0.15) is 5.15 Å². The Kier molecular flexibility index (Phi) is 4.26. The molecule has 1 aromatic heterocycles. The fourth-order valence-electron chi connectivity index (χ4n) is 2.34. The van der Waals surface area contributed by atoms with Gasteiger partial charge < -0.3 is 5.73 Å². The van der Waals surface area contributed by atoms with Gasteiger partial charge in [-0.25, -0.2) is 4.98 Å². The van der Waals surface area contributed by atoms with Gasteiger partial charge in [-0.2, -0.15) is 0 Å². The molecule has 5 heteroatoms. The molecule has 1 aromatic rings. The molecule has 2 N–H and O–H groups in total. The largest absolute Gasteiger partial charge is 0.329 e. The van der Waals surface area contributed by atoms with Crippen molar-refractivity contribution in [2.75, 3.05) is 13.1 Å². The van der Waals surface area contributed by atoms with E-state index in [1.807, 2.05) is 13.0 Å². The summed E-state index contributed by atoms with van der Waals surface area (Å²) in [4.78, 5) is 6.59. The topological polar surface area (TPSA) is 42.1 Å². The van der Waals surface area contributed by atoms with E-state index >= 15 is 0 Å². The van der Waals surface area contributed by atoms with Gasteiger partial charge in [0.2, 0.25) is 0 Å². The molecule has 0 radical (unpaired) electrons. The first-order valence-corrected chi connectivity index (χ1v) is 6.63. The summed E-state index contributed by atoms with van der Waals surface area (Å²) in [5, 5.41) is 1.21. The monoisotopic (exact) mass is 273 g/mol. The second-order valence-corrected chi connectivity index (χ2v) is 5.28. The normalized spacial score (nSPS) is 21.1. The van der Waals surface area contributed by atoms with Crippen molar-refractivity contribution in [2.45, 2.75) is 32.4 Å². The zero-order valence-corrected chi connectivity index (χ0v) is 11.4. The maximum absolute atomic E-state index is 6.22. The smallest absolute Gasteiger partial charge is 0.135 e. The molecule has 2 rings (SSSR count). The van der Waals surface area contributed by atoms with Gasteiger partial charge in [-0.3, -0.25) is 4.90 Å². The number of hydrogen-bond donors (Lipinski definition) is 1. The van der Waals surface area contributed by atoms with Gasteiger partial charge in [0.25, 0.3) is 0 Å². The number of aromatic nitrogens is 1. The van der Waals surface area contributed by atoms with Crippen LogP contribution in [0.4, 0.5) is 0 Å². The van der Waals surface area contributed by atoms with E-state index in [2.05, 4.69) is 9.88 Å². The minimum atomic E-state index is 0.448. The number of aryl methyl sites for hydroxylation is 1. The van der Waals surface area contributed by atoms with Crippen molar-refractivity contribution in [1.29, 1.82) is 0 Å². The molecule has 0 spiro atoms. The first-order chi connectivity index (χ1) is 8.11. The number of pyridine rings is 1. The van der Waals surface area contributed by atoms with Gasteiger partial charge >= 0.3 is 0 Å². The lowest BCUT2D eigenvalue weighted by Crippen LogP contribution is -2.35. The van der Waals surface area contributed by atoms with Crippen LogP contribution in [0.2, 0.25) is 10.2 Å². The van der Waals surface area contributed by atoms with Gasteiger partial charge in [0, 0.05) is 35.4 Å². The average molecular weight is 274 g/mol. The highest BCUT2D eigenvalue weighted by molar-refractivity contribution is 6.35. The van der Waals surface area contributed by atoms with Gasteiger partial charge in [0.15, 0.2) is 0 Å². The SMILES string of the molecule is Cc1cc(Cl)c(CN2CCCC2CN)c(Cl)n1. The van der Waals surface area contributed by atoms with Crippen molar-refractivity contribution < 1.29 is 0 Å². The number of nitrogens with two attached hydrogens (primary N) is 1. The van der Waals surface area contributed by atoms with Crippen molar-refractivity contribution >= 4 is 23.2 Å². The lowest BCUT2D eigenvalue weighted by Gasteiger charge is -2.23. The Bertz CT molecular complexity index is 386. The van der Waals surface area contributed by atoms with Crippen LogP contribution in [-0.4, -0.2) is 29.0 Å². The summed E-state index contributed by atoms with van der Waals surface area (Å²) >= 11 is 12.4. The van der Waals surface area contributed by atoms with E-state index in [4.69, 9.17) is 28.9 Å². The molecule has 0 aliphatic carbocycles. The molecule has 2 heterocycles. The molecular weight excluding hydrogens is 257 g/mol. The summed E-state index contributed by atoms with van der Waals surface area (Å²) in [6.45, 7) is 4.38. The van der Waals surface area contributed by atoms with Crippen LogP contribution in [0.5, 0.6) is 0 Å². The first-order valence-electron chi connectivity index (χ1n) is 5.87. The van der Waals surface area contributed by atoms with Gasteiger partial charge in [-0.05, 0) is 32.4 Å². The zero-order chi connectivity index (χ0) is 12.4. The third kappa shape index (κ3) is 2.91. The van der Waals surface area contributed by atoms with Crippen LogP contribution in [-0.2, 0) is 6.54 Å². The molecule has 1 fully saturated rings. The molecule has 0 bridgehead atoms. The molecular formula is C12H17Cl2N3. The Labute approximate surface area is 112 Å². The summed E-state index contributed by atoms with van der Waals surface area (Å²) in [5.41, 5.74) is 7.52. The second kappa shape index (κ2) is 5.53. The fraction of sp³-hybridized carbons (Fsp3) is 0.583. The quantitative estimate of drug-likeness (QED) is 0.861. The number of halogens is 2. The van der Waals surface area contributed by atoms with E-state index in [0.717, 1.165) is 30.8 Å². The van der Waals surface area contributed by atoms with Crippen LogP contribution < -0.4 is 5.73 Å². The highest BCUT2D eigenvalue weighted by atomic mass is 35.5. The minimum Gasteiger partial charge on any atom is -0.329 e. The van der Waals surface area contributed by atoms with Crippen LogP contribution in [0.25, 0.3) is 0 Å². The summed E-state index contributed by atoms with van der Waals surface area (Å²) in [6.07, 6.45) is 2.35. The van der Waals surface area contributed by atoms with Crippen LogP contribution in [0.1, 0.15) is 24.1 Å². The van der Waals surface area contributed by atoms with Crippen molar-refractivity contribution in [3.8, 4) is 0 Å². The van der Waals surface area contributed by atoms with Crippen molar-refractivity contribution in [1.82, 2.24) is 9.88 Å². The van der Waals surface area contributed by atoms with E-state index in [1.165, 1.54) is 6.42 Å². The van der Waals surface area contributed by atoms with Crippen LogP contribution in [0.15, 0.2) is 6.07 Å². The molecule has 0 aromatic carbocycles. The van der Waals surface area contributed by atoms with E-state index in [1.54, 1.807) is 0 Å². The maximum atomic E-state index is 6.22. The second-order valence-electron chi connectivity index (χ2n) is 4.52. The molecule has 0 saturated carbocycles. The molecule has 1 aliphatic heterocycles. The van der Waals surface area contributed by atoms with Crippen molar-refractivity contribution in [3.05, 3.63) is 27.5 Å². The molecule has 1 atom stereocenters. The molecule has 0 amide bonds. The third-order valence-electron chi connectivity index (χ3n) is 3.28. The Balaban J connectivity index is 2.18. The number of likely N-dealkylation sites (tertiary alicyclic amines) is 1. The van der Waals surface area contributed by atoms with Crippen molar-refractivity contribution in [2.24, 2.45) is 5.73 Å². The van der Waals surface area contributed by atoms with Crippen molar-refractivity contribution in [3.63, 3.8) is 0 Å². The zero-order valence-electron chi connectivity index (χ0n) is 9.92.